The van der Waals surface area contributed by atoms with Gasteiger partial charge in [0.05, 0.1) is 0 Å². The van der Waals surface area contributed by atoms with Gasteiger partial charge in [-0.1, -0.05) is 82.6 Å². The summed E-state index contributed by atoms with van der Waals surface area (Å²) in [5, 5.41) is 9.43. The Morgan fingerprint density at radius 2 is 1.33 bits per heavy atom. The molecule has 0 heterocycles. The molecule has 1 aromatic carbocycles. The first-order chi connectivity index (χ1) is 11.8. The first kappa shape index (κ1) is 20.8. The van der Waals surface area contributed by atoms with Crippen LogP contribution in [0.2, 0.25) is 0 Å². The molecule has 0 aliphatic heterocycles. The molecule has 0 spiro atoms. The molecule has 0 aliphatic rings. The van der Waals surface area contributed by atoms with Crippen LogP contribution in [-0.2, 0) is 6.42 Å². The average molecular weight is 331 g/mol. The van der Waals surface area contributed by atoms with Gasteiger partial charge in [-0.3, -0.25) is 0 Å². The van der Waals surface area contributed by atoms with E-state index in [1.165, 1.54) is 89.0 Å². The van der Waals surface area contributed by atoms with E-state index in [1.807, 2.05) is 12.1 Å². The normalized spacial score (nSPS) is 11.4. The number of allylic oxidation sites excluding steroid dienone is 2. The van der Waals surface area contributed by atoms with Crippen LogP contribution < -0.4 is 0 Å². The largest absolute Gasteiger partial charge is 0.508 e. The maximum atomic E-state index is 9.43. The summed E-state index contributed by atoms with van der Waals surface area (Å²) in [4.78, 5) is 0. The Labute approximate surface area is 150 Å². The molecule has 0 amide bonds. The minimum absolute atomic E-state index is 0.388. The number of hydrogen-bond acceptors (Lipinski definition) is 1. The second-order valence-corrected chi connectivity index (χ2v) is 7.00. The second kappa shape index (κ2) is 15.3. The molecule has 0 radical (unpaired) electrons. The summed E-state index contributed by atoms with van der Waals surface area (Å²) in [6.07, 6.45) is 23.3. The van der Waals surface area contributed by atoms with Crippen molar-refractivity contribution in [1.29, 1.82) is 0 Å². The van der Waals surface area contributed by atoms with Gasteiger partial charge in [0.25, 0.3) is 0 Å². The van der Waals surface area contributed by atoms with E-state index in [9.17, 15) is 5.11 Å². The monoisotopic (exact) mass is 330 g/mol. The van der Waals surface area contributed by atoms with Crippen molar-refractivity contribution >= 4 is 0 Å². The highest BCUT2D eigenvalue weighted by atomic mass is 16.3. The Morgan fingerprint density at radius 1 is 0.750 bits per heavy atom. The Kier molecular flexibility index (Phi) is 13.3. The fraction of sp³-hybridized carbons (Fsp3) is 0.652. The fourth-order valence-electron chi connectivity index (χ4n) is 3.11. The molecule has 0 saturated heterocycles. The van der Waals surface area contributed by atoms with E-state index in [-0.39, 0.29) is 0 Å². The number of benzene rings is 1. The molecule has 1 heteroatoms. The summed E-state index contributed by atoms with van der Waals surface area (Å²) in [5.74, 6) is 0.388. The quantitative estimate of drug-likeness (QED) is 0.259. The molecule has 24 heavy (non-hydrogen) atoms. The maximum Gasteiger partial charge on any atom is 0.115 e. The number of hydrogen-bond donors (Lipinski definition) is 1. The van der Waals surface area contributed by atoms with E-state index in [1.54, 1.807) is 6.07 Å². The fourth-order valence-corrected chi connectivity index (χ4v) is 3.11. The third-order valence-corrected chi connectivity index (χ3v) is 4.64. The predicted octanol–water partition coefficient (Wildman–Crippen LogP) is 7.58. The molecule has 0 saturated carbocycles. The summed E-state index contributed by atoms with van der Waals surface area (Å²) in [6.45, 7) is 2.28. The van der Waals surface area contributed by atoms with Crippen LogP contribution >= 0.6 is 0 Å². The van der Waals surface area contributed by atoms with Gasteiger partial charge in [-0.2, -0.15) is 0 Å². The van der Waals surface area contributed by atoms with Crippen LogP contribution in [0.4, 0.5) is 0 Å². The van der Waals surface area contributed by atoms with Crippen molar-refractivity contribution in [2.75, 3.05) is 0 Å². The lowest BCUT2D eigenvalue weighted by Crippen LogP contribution is -1.85. The van der Waals surface area contributed by atoms with Crippen LogP contribution in [0.3, 0.4) is 0 Å². The zero-order valence-electron chi connectivity index (χ0n) is 15.8. The number of phenols is 1. The Bertz CT molecular complexity index is 422. The van der Waals surface area contributed by atoms with Crippen molar-refractivity contribution in [3.8, 4) is 5.75 Å². The summed E-state index contributed by atoms with van der Waals surface area (Å²) >= 11 is 0. The Morgan fingerprint density at radius 3 is 1.96 bits per heavy atom. The van der Waals surface area contributed by atoms with Crippen LogP contribution in [0.15, 0.2) is 36.4 Å². The van der Waals surface area contributed by atoms with Gasteiger partial charge in [0.1, 0.15) is 5.75 Å². The van der Waals surface area contributed by atoms with Crippen molar-refractivity contribution in [3.05, 3.63) is 42.0 Å². The zero-order valence-corrected chi connectivity index (χ0v) is 15.8. The van der Waals surface area contributed by atoms with Crippen LogP contribution in [-0.4, -0.2) is 5.11 Å². The molecule has 1 aromatic rings. The SMILES string of the molecule is CCCCCCCCC/C=C\CCCCCCc1cccc(O)c1. The topological polar surface area (TPSA) is 20.2 Å². The van der Waals surface area contributed by atoms with E-state index < -0.39 is 0 Å². The molecular formula is C23H38O. The van der Waals surface area contributed by atoms with Gasteiger partial charge >= 0.3 is 0 Å². The van der Waals surface area contributed by atoms with E-state index in [0.717, 1.165) is 6.42 Å². The Balaban J connectivity index is 1.83. The van der Waals surface area contributed by atoms with Crippen molar-refractivity contribution in [1.82, 2.24) is 0 Å². The highest BCUT2D eigenvalue weighted by Gasteiger charge is 1.95. The van der Waals surface area contributed by atoms with Crippen molar-refractivity contribution in [2.24, 2.45) is 0 Å². The molecule has 1 rings (SSSR count). The lowest BCUT2D eigenvalue weighted by Gasteiger charge is -2.02. The van der Waals surface area contributed by atoms with Crippen LogP contribution in [0.25, 0.3) is 0 Å². The molecule has 1 nitrogen and oxygen atoms in total. The van der Waals surface area contributed by atoms with Gasteiger partial charge in [0.15, 0.2) is 0 Å². The van der Waals surface area contributed by atoms with E-state index >= 15 is 0 Å². The Hall–Kier alpha value is -1.24. The standard InChI is InChI=1S/C23H38O/c1-2-3-4-5-6-7-8-9-10-11-12-13-14-15-16-18-22-19-17-20-23(24)21-22/h10-11,17,19-21,24H,2-9,12-16,18H2,1H3/b11-10-. The van der Waals surface area contributed by atoms with Gasteiger partial charge in [-0.05, 0) is 56.2 Å². The average Bonchev–Trinajstić information content (AvgIpc) is 2.58. The van der Waals surface area contributed by atoms with Crippen molar-refractivity contribution in [2.45, 2.75) is 96.8 Å². The molecule has 0 bridgehead atoms. The van der Waals surface area contributed by atoms with Crippen LogP contribution in [0.5, 0.6) is 5.75 Å². The van der Waals surface area contributed by atoms with Crippen LogP contribution in [0.1, 0.15) is 96.0 Å². The van der Waals surface area contributed by atoms with Crippen molar-refractivity contribution < 1.29 is 5.11 Å². The molecule has 0 fully saturated rings. The molecule has 0 unspecified atom stereocenters. The highest BCUT2D eigenvalue weighted by Crippen LogP contribution is 2.14. The summed E-state index contributed by atoms with van der Waals surface area (Å²) < 4.78 is 0. The number of phenolic OH excluding ortho intramolecular Hbond substituents is 1. The van der Waals surface area contributed by atoms with Gasteiger partial charge in [0.2, 0.25) is 0 Å². The zero-order chi connectivity index (χ0) is 17.3. The first-order valence-electron chi connectivity index (χ1n) is 10.3. The van der Waals surface area contributed by atoms with E-state index in [0.29, 0.717) is 5.75 Å². The van der Waals surface area contributed by atoms with Crippen LogP contribution in [0, 0.1) is 0 Å². The third-order valence-electron chi connectivity index (χ3n) is 4.64. The summed E-state index contributed by atoms with van der Waals surface area (Å²) in [6, 6.07) is 7.65. The smallest absolute Gasteiger partial charge is 0.115 e. The number of aryl methyl sites for hydroxylation is 1. The summed E-state index contributed by atoms with van der Waals surface area (Å²) in [7, 11) is 0. The number of rotatable bonds is 15. The molecule has 136 valence electrons. The molecule has 0 aromatic heterocycles. The molecule has 1 N–H and O–H groups in total. The van der Waals surface area contributed by atoms with Gasteiger partial charge in [-0.25, -0.2) is 0 Å². The first-order valence-corrected chi connectivity index (χ1v) is 10.3. The molecule has 0 atom stereocenters. The minimum Gasteiger partial charge on any atom is -0.508 e. The second-order valence-electron chi connectivity index (χ2n) is 7.00. The lowest BCUT2D eigenvalue weighted by molar-refractivity contribution is 0.474. The number of aromatic hydroxyl groups is 1. The molecular weight excluding hydrogens is 292 g/mol. The van der Waals surface area contributed by atoms with E-state index in [2.05, 4.69) is 25.1 Å². The summed E-state index contributed by atoms with van der Waals surface area (Å²) in [5.41, 5.74) is 1.25. The van der Waals surface area contributed by atoms with E-state index in [4.69, 9.17) is 0 Å². The highest BCUT2D eigenvalue weighted by molar-refractivity contribution is 5.27. The lowest BCUT2D eigenvalue weighted by atomic mass is 10.0. The van der Waals surface area contributed by atoms with Crippen molar-refractivity contribution in [3.63, 3.8) is 0 Å². The molecule has 0 aliphatic carbocycles. The van der Waals surface area contributed by atoms with Gasteiger partial charge < -0.3 is 5.11 Å². The maximum absolute atomic E-state index is 9.43. The van der Waals surface area contributed by atoms with Gasteiger partial charge in [0, 0.05) is 0 Å². The minimum atomic E-state index is 0.388. The predicted molar refractivity (Wildman–Crippen MR) is 107 cm³/mol. The van der Waals surface area contributed by atoms with Gasteiger partial charge in [-0.15, -0.1) is 0 Å². The number of unbranched alkanes of at least 4 members (excludes halogenated alkanes) is 11. The third kappa shape index (κ3) is 12.2.